The lowest BCUT2D eigenvalue weighted by atomic mass is 9.32. The summed E-state index contributed by atoms with van der Waals surface area (Å²) in [6.45, 7) is 0. The van der Waals surface area contributed by atoms with Crippen LogP contribution in [0.1, 0.15) is 98.8 Å². The fourth-order valence-corrected chi connectivity index (χ4v) is 11.3. The standard InChI is InChI=1S/C32H34/c1-4-25-13-28(14-26(5-2)29(25)6-3)30-27-11-23-10-24(12-27)19-32(30,18-23)31-15-20-7-21(16-31)9-22(8-20)17-31/h1-3,13-14,20-24,27,30H,7-12,15-19H2. The predicted molar refractivity (Wildman–Crippen MR) is 130 cm³/mol. The molecule has 0 heterocycles. The Morgan fingerprint density at radius 1 is 0.625 bits per heavy atom. The number of rotatable bonds is 2. The fraction of sp³-hybridized carbons (Fsp3) is 0.625. The molecular formula is C32H34. The molecule has 8 bridgehead atoms. The van der Waals surface area contributed by atoms with Crippen molar-refractivity contribution in [3.05, 3.63) is 34.4 Å². The van der Waals surface area contributed by atoms with Gasteiger partial charge in [-0.15, -0.1) is 19.3 Å². The molecule has 0 saturated heterocycles. The van der Waals surface area contributed by atoms with Crippen LogP contribution in [-0.2, 0) is 0 Å². The summed E-state index contributed by atoms with van der Waals surface area (Å²) < 4.78 is 0. The minimum atomic E-state index is 0.465. The van der Waals surface area contributed by atoms with Crippen LogP contribution in [0, 0.1) is 83.4 Å². The van der Waals surface area contributed by atoms with E-state index in [9.17, 15) is 0 Å². The summed E-state index contributed by atoms with van der Waals surface area (Å²) in [7, 11) is 0. The number of hydrogen-bond donors (Lipinski definition) is 0. The average Bonchev–Trinajstić information content (AvgIpc) is 2.76. The Kier molecular flexibility index (Phi) is 3.93. The highest BCUT2D eigenvalue weighted by Crippen LogP contribution is 2.78. The summed E-state index contributed by atoms with van der Waals surface area (Å²) in [6.07, 6.45) is 34.1. The van der Waals surface area contributed by atoms with Crippen molar-refractivity contribution >= 4 is 0 Å². The topological polar surface area (TPSA) is 0 Å². The van der Waals surface area contributed by atoms with Gasteiger partial charge in [0.15, 0.2) is 0 Å². The SMILES string of the molecule is C#Cc1cc(C2C3CC4CC(C3)CC2(C23CC5CC(CC(C5)C2)C3)C4)cc(C#C)c1C#C. The van der Waals surface area contributed by atoms with Gasteiger partial charge in [0.2, 0.25) is 0 Å². The highest BCUT2D eigenvalue weighted by Gasteiger charge is 2.68. The van der Waals surface area contributed by atoms with Gasteiger partial charge in [0.05, 0.1) is 5.56 Å². The zero-order chi connectivity index (χ0) is 21.7. The minimum Gasteiger partial charge on any atom is -0.115 e. The van der Waals surface area contributed by atoms with E-state index in [0.717, 1.165) is 52.2 Å². The lowest BCUT2D eigenvalue weighted by molar-refractivity contribution is -0.211. The first kappa shape index (κ1) is 19.4. The van der Waals surface area contributed by atoms with Crippen molar-refractivity contribution in [1.29, 1.82) is 0 Å². The molecule has 162 valence electrons. The van der Waals surface area contributed by atoms with Crippen LogP contribution in [0.15, 0.2) is 12.1 Å². The zero-order valence-electron chi connectivity index (χ0n) is 19.2. The van der Waals surface area contributed by atoms with Crippen LogP contribution in [0.4, 0.5) is 0 Å². The van der Waals surface area contributed by atoms with Crippen molar-refractivity contribution in [2.75, 3.05) is 0 Å². The van der Waals surface area contributed by atoms with Crippen LogP contribution < -0.4 is 0 Å². The molecule has 32 heavy (non-hydrogen) atoms. The molecule has 0 aliphatic heterocycles. The van der Waals surface area contributed by atoms with Crippen LogP contribution in [0.3, 0.4) is 0 Å². The maximum absolute atomic E-state index is 5.96. The molecule has 8 aliphatic carbocycles. The highest BCUT2D eigenvalue weighted by molar-refractivity contribution is 5.60. The smallest absolute Gasteiger partial charge is 0.0555 e. The highest BCUT2D eigenvalue weighted by atomic mass is 14.7. The van der Waals surface area contributed by atoms with Gasteiger partial charge in [-0.2, -0.15) is 0 Å². The molecule has 0 nitrogen and oxygen atoms in total. The monoisotopic (exact) mass is 418 g/mol. The van der Waals surface area contributed by atoms with Gasteiger partial charge < -0.3 is 0 Å². The Morgan fingerprint density at radius 2 is 1.09 bits per heavy atom. The summed E-state index contributed by atoms with van der Waals surface area (Å²) in [5, 5.41) is 0. The molecule has 0 amide bonds. The second kappa shape index (κ2) is 6.48. The molecule has 0 N–H and O–H groups in total. The van der Waals surface area contributed by atoms with Crippen molar-refractivity contribution in [2.45, 2.75) is 76.5 Å². The third kappa shape index (κ3) is 2.39. The Labute approximate surface area is 194 Å². The van der Waals surface area contributed by atoms with Crippen LogP contribution >= 0.6 is 0 Å². The molecule has 3 atom stereocenters. The quantitative estimate of drug-likeness (QED) is 0.466. The summed E-state index contributed by atoms with van der Waals surface area (Å²) in [5.74, 6) is 14.9. The molecule has 0 heteroatoms. The fourth-order valence-electron chi connectivity index (χ4n) is 11.3. The molecule has 8 fully saturated rings. The average molecular weight is 419 g/mol. The molecular weight excluding hydrogens is 384 g/mol. The molecule has 0 spiro atoms. The Bertz CT molecular complexity index is 1030. The first-order valence-corrected chi connectivity index (χ1v) is 13.1. The van der Waals surface area contributed by atoms with Crippen LogP contribution in [0.25, 0.3) is 0 Å². The van der Waals surface area contributed by atoms with Gasteiger partial charge in [-0.05, 0) is 141 Å². The molecule has 0 aromatic heterocycles. The normalized spacial score (nSPS) is 47.1. The molecule has 0 radical (unpaired) electrons. The van der Waals surface area contributed by atoms with Crippen LogP contribution in [-0.4, -0.2) is 0 Å². The van der Waals surface area contributed by atoms with Crippen LogP contribution in [0.2, 0.25) is 0 Å². The maximum Gasteiger partial charge on any atom is 0.0555 e. The van der Waals surface area contributed by atoms with Gasteiger partial charge >= 0.3 is 0 Å². The van der Waals surface area contributed by atoms with Gasteiger partial charge in [0.25, 0.3) is 0 Å². The van der Waals surface area contributed by atoms with Crippen molar-refractivity contribution < 1.29 is 0 Å². The van der Waals surface area contributed by atoms with Gasteiger partial charge in [0, 0.05) is 11.1 Å². The van der Waals surface area contributed by atoms with E-state index in [0.29, 0.717) is 16.7 Å². The Hall–Kier alpha value is -2.10. The van der Waals surface area contributed by atoms with E-state index in [-0.39, 0.29) is 0 Å². The number of hydrogen-bond acceptors (Lipinski definition) is 0. The largest absolute Gasteiger partial charge is 0.115 e. The van der Waals surface area contributed by atoms with E-state index >= 15 is 0 Å². The van der Waals surface area contributed by atoms with E-state index in [1.165, 1.54) is 76.2 Å². The Balaban J connectivity index is 1.42. The lowest BCUT2D eigenvalue weighted by Crippen LogP contribution is -2.63. The first-order chi connectivity index (χ1) is 15.6. The zero-order valence-corrected chi connectivity index (χ0v) is 19.2. The summed E-state index contributed by atoms with van der Waals surface area (Å²) in [4.78, 5) is 0. The van der Waals surface area contributed by atoms with Gasteiger partial charge in [-0.3, -0.25) is 0 Å². The molecule has 9 rings (SSSR count). The van der Waals surface area contributed by atoms with Crippen LogP contribution in [0.5, 0.6) is 0 Å². The van der Waals surface area contributed by atoms with Gasteiger partial charge in [0.1, 0.15) is 0 Å². The second-order valence-electron chi connectivity index (χ2n) is 12.9. The number of terminal acetylenes is 3. The lowest BCUT2D eigenvalue weighted by Gasteiger charge is -2.73. The maximum atomic E-state index is 5.96. The van der Waals surface area contributed by atoms with E-state index in [1.807, 2.05) is 0 Å². The molecule has 8 saturated carbocycles. The van der Waals surface area contributed by atoms with Gasteiger partial charge in [-0.1, -0.05) is 17.8 Å². The Morgan fingerprint density at radius 3 is 1.53 bits per heavy atom. The third-order valence-electron chi connectivity index (χ3n) is 11.4. The molecule has 1 aromatic rings. The van der Waals surface area contributed by atoms with Crippen molar-refractivity contribution in [3.8, 4) is 37.0 Å². The second-order valence-corrected chi connectivity index (χ2v) is 12.9. The van der Waals surface area contributed by atoms with Crippen molar-refractivity contribution in [2.24, 2.45) is 46.3 Å². The van der Waals surface area contributed by atoms with E-state index in [1.54, 1.807) is 0 Å². The van der Waals surface area contributed by atoms with E-state index < -0.39 is 0 Å². The van der Waals surface area contributed by atoms with E-state index in [2.05, 4.69) is 29.9 Å². The first-order valence-electron chi connectivity index (χ1n) is 13.1. The van der Waals surface area contributed by atoms with Crippen molar-refractivity contribution in [3.63, 3.8) is 0 Å². The summed E-state index contributed by atoms with van der Waals surface area (Å²) >= 11 is 0. The molecule has 8 aliphatic rings. The minimum absolute atomic E-state index is 0.465. The van der Waals surface area contributed by atoms with Crippen molar-refractivity contribution in [1.82, 2.24) is 0 Å². The summed E-state index contributed by atoms with van der Waals surface area (Å²) in [6, 6.07) is 4.57. The number of benzene rings is 1. The molecule has 3 unspecified atom stereocenters. The van der Waals surface area contributed by atoms with E-state index in [4.69, 9.17) is 19.3 Å². The third-order valence-corrected chi connectivity index (χ3v) is 11.4. The molecule has 1 aromatic carbocycles. The van der Waals surface area contributed by atoms with Gasteiger partial charge in [-0.25, -0.2) is 0 Å². The predicted octanol–water partition coefficient (Wildman–Crippen LogP) is 6.76. The summed E-state index contributed by atoms with van der Waals surface area (Å²) in [5.41, 5.74) is 4.89.